The van der Waals surface area contributed by atoms with Crippen LogP contribution in [0.4, 0.5) is 0 Å². The summed E-state index contributed by atoms with van der Waals surface area (Å²) < 4.78 is 5.65. The van der Waals surface area contributed by atoms with E-state index >= 15 is 0 Å². The lowest BCUT2D eigenvalue weighted by atomic mass is 10.1. The molecule has 102 valence electrons. The predicted molar refractivity (Wildman–Crippen MR) is 81.9 cm³/mol. The van der Waals surface area contributed by atoms with E-state index in [2.05, 4.69) is 34.6 Å². The highest BCUT2D eigenvalue weighted by Crippen LogP contribution is 2.16. The van der Waals surface area contributed by atoms with Gasteiger partial charge in [0.05, 0.1) is 0 Å². The van der Waals surface area contributed by atoms with Crippen molar-refractivity contribution in [3.63, 3.8) is 0 Å². The van der Waals surface area contributed by atoms with Crippen molar-refractivity contribution < 1.29 is 4.74 Å². The number of nitrogens with one attached hydrogen (secondary N) is 2. The second-order valence-corrected chi connectivity index (χ2v) is 4.69. The van der Waals surface area contributed by atoms with E-state index in [0.717, 1.165) is 18.8 Å². The maximum absolute atomic E-state index is 5.65. The molecule has 0 saturated carbocycles. The van der Waals surface area contributed by atoms with Crippen LogP contribution in [0.2, 0.25) is 0 Å². The van der Waals surface area contributed by atoms with Crippen molar-refractivity contribution in [2.45, 2.75) is 6.54 Å². The predicted octanol–water partition coefficient (Wildman–Crippen LogP) is 3.34. The highest BCUT2D eigenvalue weighted by atomic mass is 16.5. The Hall–Kier alpha value is -2.26. The lowest BCUT2D eigenvalue weighted by molar-refractivity contribution is 0.314. The average Bonchev–Trinajstić information content (AvgIpc) is 2.97. The fourth-order valence-corrected chi connectivity index (χ4v) is 2.29. The summed E-state index contributed by atoms with van der Waals surface area (Å²) >= 11 is 0. The quantitative estimate of drug-likeness (QED) is 0.671. The number of H-pyrrole nitrogens is 1. The highest BCUT2D eigenvalue weighted by molar-refractivity contribution is 5.82. The second-order valence-electron chi connectivity index (χ2n) is 4.69. The highest BCUT2D eigenvalue weighted by Gasteiger charge is 2.00. The van der Waals surface area contributed by atoms with Gasteiger partial charge in [-0.05, 0) is 29.8 Å². The summed E-state index contributed by atoms with van der Waals surface area (Å²) in [6.45, 7) is 2.36. The Kier molecular flexibility index (Phi) is 3.99. The SMILES string of the molecule is c1ccc(OCCNCc2cccc3[nH]ccc23)cc1. The molecule has 0 aliphatic rings. The van der Waals surface area contributed by atoms with E-state index in [1.807, 2.05) is 36.5 Å². The van der Waals surface area contributed by atoms with Gasteiger partial charge in [-0.2, -0.15) is 0 Å². The van der Waals surface area contributed by atoms with Crippen LogP contribution in [0.1, 0.15) is 5.56 Å². The van der Waals surface area contributed by atoms with Gasteiger partial charge in [-0.3, -0.25) is 0 Å². The zero-order valence-corrected chi connectivity index (χ0v) is 11.3. The van der Waals surface area contributed by atoms with Crippen LogP contribution in [0.5, 0.6) is 5.75 Å². The number of hydrogen-bond acceptors (Lipinski definition) is 2. The molecular formula is C17H18N2O. The molecule has 1 heterocycles. The molecule has 2 aromatic carbocycles. The van der Waals surface area contributed by atoms with Crippen LogP contribution in [0.25, 0.3) is 10.9 Å². The summed E-state index contributed by atoms with van der Waals surface area (Å²) in [7, 11) is 0. The standard InChI is InChI=1S/C17H18N2O/c1-2-6-15(7-3-1)20-12-11-18-13-14-5-4-8-17-16(14)9-10-19-17/h1-10,18-19H,11-13H2. The third kappa shape index (κ3) is 3.00. The molecule has 0 bridgehead atoms. The molecule has 0 spiro atoms. The van der Waals surface area contributed by atoms with Crippen LogP contribution in [-0.2, 0) is 6.54 Å². The minimum absolute atomic E-state index is 0.674. The van der Waals surface area contributed by atoms with Crippen molar-refractivity contribution in [3.05, 3.63) is 66.4 Å². The van der Waals surface area contributed by atoms with Crippen LogP contribution in [0.3, 0.4) is 0 Å². The molecule has 1 aromatic heterocycles. The van der Waals surface area contributed by atoms with E-state index in [0.29, 0.717) is 6.61 Å². The van der Waals surface area contributed by atoms with E-state index in [1.54, 1.807) is 0 Å². The topological polar surface area (TPSA) is 37.0 Å². The summed E-state index contributed by atoms with van der Waals surface area (Å²) in [4.78, 5) is 3.23. The van der Waals surface area contributed by atoms with Crippen molar-refractivity contribution in [2.75, 3.05) is 13.2 Å². The first-order valence-electron chi connectivity index (χ1n) is 6.87. The summed E-state index contributed by atoms with van der Waals surface area (Å²) in [6, 6.07) is 18.3. The molecule has 0 aliphatic carbocycles. The van der Waals surface area contributed by atoms with E-state index in [1.165, 1.54) is 16.5 Å². The summed E-state index contributed by atoms with van der Waals surface area (Å²) in [5.41, 5.74) is 2.49. The minimum atomic E-state index is 0.674. The first kappa shape index (κ1) is 12.8. The number of aromatic nitrogens is 1. The number of para-hydroxylation sites is 1. The van der Waals surface area contributed by atoms with Gasteiger partial charge < -0.3 is 15.0 Å². The van der Waals surface area contributed by atoms with Gasteiger partial charge in [0.1, 0.15) is 12.4 Å². The zero-order chi connectivity index (χ0) is 13.6. The van der Waals surface area contributed by atoms with Crippen molar-refractivity contribution in [1.82, 2.24) is 10.3 Å². The number of fused-ring (bicyclic) bond motifs is 1. The van der Waals surface area contributed by atoms with Gasteiger partial charge in [0, 0.05) is 30.2 Å². The Morgan fingerprint density at radius 2 is 1.85 bits per heavy atom. The van der Waals surface area contributed by atoms with Gasteiger partial charge in [-0.15, -0.1) is 0 Å². The Balaban J connectivity index is 1.47. The van der Waals surface area contributed by atoms with Crippen LogP contribution in [-0.4, -0.2) is 18.1 Å². The summed E-state index contributed by atoms with van der Waals surface area (Å²) in [6.07, 6.45) is 1.98. The summed E-state index contributed by atoms with van der Waals surface area (Å²) in [5, 5.41) is 4.70. The van der Waals surface area contributed by atoms with Crippen LogP contribution in [0, 0.1) is 0 Å². The molecule has 3 rings (SSSR count). The monoisotopic (exact) mass is 266 g/mol. The Labute approximate surface area is 118 Å². The number of ether oxygens (including phenoxy) is 1. The first-order chi connectivity index (χ1) is 9.93. The van der Waals surface area contributed by atoms with Gasteiger partial charge in [0.25, 0.3) is 0 Å². The molecular weight excluding hydrogens is 248 g/mol. The number of benzene rings is 2. The average molecular weight is 266 g/mol. The molecule has 0 aliphatic heterocycles. The molecule has 0 saturated heterocycles. The van der Waals surface area contributed by atoms with E-state index in [-0.39, 0.29) is 0 Å². The molecule has 0 fully saturated rings. The molecule has 3 aromatic rings. The molecule has 0 amide bonds. The molecule has 3 nitrogen and oxygen atoms in total. The van der Waals surface area contributed by atoms with Gasteiger partial charge in [-0.25, -0.2) is 0 Å². The lowest BCUT2D eigenvalue weighted by Crippen LogP contribution is -2.20. The zero-order valence-electron chi connectivity index (χ0n) is 11.3. The van der Waals surface area contributed by atoms with E-state index in [9.17, 15) is 0 Å². The smallest absolute Gasteiger partial charge is 0.119 e. The molecule has 0 unspecified atom stereocenters. The summed E-state index contributed by atoms with van der Waals surface area (Å²) in [5.74, 6) is 0.919. The number of rotatable bonds is 6. The molecule has 3 heteroatoms. The largest absolute Gasteiger partial charge is 0.492 e. The van der Waals surface area contributed by atoms with Gasteiger partial charge >= 0.3 is 0 Å². The molecule has 0 radical (unpaired) electrons. The maximum Gasteiger partial charge on any atom is 0.119 e. The molecule has 2 N–H and O–H groups in total. The fraction of sp³-hybridized carbons (Fsp3) is 0.176. The minimum Gasteiger partial charge on any atom is -0.492 e. The maximum atomic E-state index is 5.65. The van der Waals surface area contributed by atoms with Crippen LogP contribution >= 0.6 is 0 Å². The Morgan fingerprint density at radius 1 is 0.950 bits per heavy atom. The van der Waals surface area contributed by atoms with Crippen molar-refractivity contribution in [1.29, 1.82) is 0 Å². The molecule has 0 atom stereocenters. The Morgan fingerprint density at radius 3 is 2.75 bits per heavy atom. The van der Waals surface area contributed by atoms with Crippen LogP contribution < -0.4 is 10.1 Å². The number of hydrogen-bond donors (Lipinski definition) is 2. The van der Waals surface area contributed by atoms with Crippen molar-refractivity contribution >= 4 is 10.9 Å². The second kappa shape index (κ2) is 6.26. The fourth-order valence-electron chi connectivity index (χ4n) is 2.29. The van der Waals surface area contributed by atoms with Gasteiger partial charge in [-0.1, -0.05) is 30.3 Å². The van der Waals surface area contributed by atoms with Crippen molar-refractivity contribution in [3.8, 4) is 5.75 Å². The Bertz CT molecular complexity index is 661. The van der Waals surface area contributed by atoms with Crippen molar-refractivity contribution in [2.24, 2.45) is 0 Å². The van der Waals surface area contributed by atoms with E-state index < -0.39 is 0 Å². The number of aromatic amines is 1. The molecule has 20 heavy (non-hydrogen) atoms. The van der Waals surface area contributed by atoms with E-state index in [4.69, 9.17) is 4.74 Å². The third-order valence-electron chi connectivity index (χ3n) is 3.29. The first-order valence-corrected chi connectivity index (χ1v) is 6.87. The third-order valence-corrected chi connectivity index (χ3v) is 3.29. The normalized spacial score (nSPS) is 10.8. The van der Waals surface area contributed by atoms with Gasteiger partial charge in [0.2, 0.25) is 0 Å². The van der Waals surface area contributed by atoms with Crippen LogP contribution in [0.15, 0.2) is 60.8 Å². The van der Waals surface area contributed by atoms with Gasteiger partial charge in [0.15, 0.2) is 0 Å². The lowest BCUT2D eigenvalue weighted by Gasteiger charge is -2.08.